The van der Waals surface area contributed by atoms with Crippen molar-refractivity contribution in [3.8, 4) is 11.5 Å². The standard InChI is InChI=1S/C19H21FN2O3/c1-24-13-7-8-14(16(20)11-13)19(23)22-10-9-21-12-17(22)15-5-3-4-6-18(15)25-2/h3-8,11,17,21H,9-10,12H2,1-2H3. The maximum atomic E-state index is 14.3. The van der Waals surface area contributed by atoms with Crippen molar-refractivity contribution < 1.29 is 18.7 Å². The van der Waals surface area contributed by atoms with E-state index in [9.17, 15) is 9.18 Å². The fraction of sp³-hybridized carbons (Fsp3) is 0.316. The van der Waals surface area contributed by atoms with Gasteiger partial charge in [0.25, 0.3) is 5.91 Å². The summed E-state index contributed by atoms with van der Waals surface area (Å²) in [4.78, 5) is 14.7. The van der Waals surface area contributed by atoms with Gasteiger partial charge in [0.2, 0.25) is 0 Å². The number of ether oxygens (including phenoxy) is 2. The number of piperazine rings is 1. The largest absolute Gasteiger partial charge is 0.497 e. The van der Waals surface area contributed by atoms with Crippen molar-refractivity contribution >= 4 is 5.91 Å². The Labute approximate surface area is 146 Å². The van der Waals surface area contributed by atoms with Gasteiger partial charge >= 0.3 is 0 Å². The Hall–Kier alpha value is -2.60. The summed E-state index contributed by atoms with van der Waals surface area (Å²) in [7, 11) is 3.06. The lowest BCUT2D eigenvalue weighted by molar-refractivity contribution is 0.0627. The number of methoxy groups -OCH3 is 2. The van der Waals surface area contributed by atoms with E-state index in [1.165, 1.54) is 19.2 Å². The summed E-state index contributed by atoms with van der Waals surface area (Å²) in [5.74, 6) is 0.180. The number of para-hydroxylation sites is 1. The number of carbonyl (C=O) groups is 1. The second kappa shape index (κ2) is 7.53. The van der Waals surface area contributed by atoms with Crippen molar-refractivity contribution in [2.45, 2.75) is 6.04 Å². The Bertz CT molecular complexity index is 766. The summed E-state index contributed by atoms with van der Waals surface area (Å²) in [6.45, 7) is 1.74. The lowest BCUT2D eigenvalue weighted by atomic mass is 10.0. The minimum Gasteiger partial charge on any atom is -0.497 e. The van der Waals surface area contributed by atoms with E-state index in [0.29, 0.717) is 31.1 Å². The Morgan fingerprint density at radius 1 is 1.20 bits per heavy atom. The molecule has 0 saturated carbocycles. The fourth-order valence-electron chi connectivity index (χ4n) is 3.12. The molecule has 25 heavy (non-hydrogen) atoms. The number of nitrogens with zero attached hydrogens (tertiary/aromatic N) is 1. The monoisotopic (exact) mass is 344 g/mol. The van der Waals surface area contributed by atoms with Gasteiger partial charge in [-0.1, -0.05) is 18.2 Å². The van der Waals surface area contributed by atoms with Gasteiger partial charge in [0.1, 0.15) is 17.3 Å². The van der Waals surface area contributed by atoms with E-state index in [0.717, 1.165) is 5.56 Å². The lowest BCUT2D eigenvalue weighted by Crippen LogP contribution is -2.49. The zero-order chi connectivity index (χ0) is 17.8. The summed E-state index contributed by atoms with van der Waals surface area (Å²) in [6.07, 6.45) is 0. The molecule has 1 atom stereocenters. The fourth-order valence-corrected chi connectivity index (χ4v) is 3.12. The molecule has 0 spiro atoms. The number of hydrogen-bond acceptors (Lipinski definition) is 4. The Balaban J connectivity index is 1.94. The van der Waals surface area contributed by atoms with E-state index < -0.39 is 5.82 Å². The normalized spacial score (nSPS) is 17.2. The van der Waals surface area contributed by atoms with Crippen LogP contribution in [0.15, 0.2) is 42.5 Å². The first-order valence-electron chi connectivity index (χ1n) is 8.14. The highest BCUT2D eigenvalue weighted by Gasteiger charge is 2.31. The number of rotatable bonds is 4. The quantitative estimate of drug-likeness (QED) is 0.926. The molecule has 2 aromatic rings. The molecule has 0 aromatic heterocycles. The van der Waals surface area contributed by atoms with E-state index >= 15 is 0 Å². The van der Waals surface area contributed by atoms with Crippen molar-refractivity contribution in [1.29, 1.82) is 0 Å². The van der Waals surface area contributed by atoms with Gasteiger partial charge in [-0.15, -0.1) is 0 Å². The van der Waals surface area contributed by atoms with E-state index in [2.05, 4.69) is 5.32 Å². The van der Waals surface area contributed by atoms with E-state index in [1.54, 1.807) is 18.1 Å². The third-order valence-corrected chi connectivity index (χ3v) is 4.41. The minimum absolute atomic E-state index is 0.0441. The summed E-state index contributed by atoms with van der Waals surface area (Å²) in [6, 6.07) is 11.7. The zero-order valence-electron chi connectivity index (χ0n) is 14.3. The topological polar surface area (TPSA) is 50.8 Å². The average molecular weight is 344 g/mol. The van der Waals surface area contributed by atoms with Crippen LogP contribution in [-0.2, 0) is 0 Å². The van der Waals surface area contributed by atoms with Gasteiger partial charge in [0.15, 0.2) is 0 Å². The molecule has 0 bridgehead atoms. The first-order chi connectivity index (χ1) is 12.2. The highest BCUT2D eigenvalue weighted by molar-refractivity contribution is 5.95. The first kappa shape index (κ1) is 17.2. The number of benzene rings is 2. The number of halogens is 1. The summed E-state index contributed by atoms with van der Waals surface area (Å²) < 4.78 is 24.8. The van der Waals surface area contributed by atoms with Crippen LogP contribution in [0.2, 0.25) is 0 Å². The molecule has 0 radical (unpaired) electrons. The molecule has 1 N–H and O–H groups in total. The number of nitrogens with one attached hydrogen (secondary N) is 1. The summed E-state index contributed by atoms with van der Waals surface area (Å²) >= 11 is 0. The number of amides is 1. The van der Waals surface area contributed by atoms with Crippen LogP contribution in [0, 0.1) is 5.82 Å². The van der Waals surface area contributed by atoms with Crippen molar-refractivity contribution in [2.75, 3.05) is 33.9 Å². The molecule has 132 valence electrons. The molecular formula is C19H21FN2O3. The molecule has 1 amide bonds. The van der Waals surface area contributed by atoms with Gasteiger partial charge in [-0.3, -0.25) is 4.79 Å². The average Bonchev–Trinajstić information content (AvgIpc) is 2.67. The first-order valence-corrected chi connectivity index (χ1v) is 8.14. The van der Waals surface area contributed by atoms with Crippen LogP contribution in [0.1, 0.15) is 22.0 Å². The molecule has 0 aliphatic carbocycles. The predicted octanol–water partition coefficient (Wildman–Crippen LogP) is 2.63. The SMILES string of the molecule is COc1ccc(C(=O)N2CCNCC2c2ccccc2OC)c(F)c1. The third kappa shape index (κ3) is 3.44. The maximum absolute atomic E-state index is 14.3. The lowest BCUT2D eigenvalue weighted by Gasteiger charge is -2.37. The molecule has 1 aliphatic rings. The van der Waals surface area contributed by atoms with Gasteiger partial charge in [-0.25, -0.2) is 4.39 Å². The molecule has 1 unspecified atom stereocenters. The van der Waals surface area contributed by atoms with E-state index in [4.69, 9.17) is 9.47 Å². The number of hydrogen-bond donors (Lipinski definition) is 1. The maximum Gasteiger partial charge on any atom is 0.257 e. The van der Waals surface area contributed by atoms with Crippen LogP contribution < -0.4 is 14.8 Å². The van der Waals surface area contributed by atoms with Gasteiger partial charge in [-0.2, -0.15) is 0 Å². The van der Waals surface area contributed by atoms with Crippen molar-refractivity contribution in [3.63, 3.8) is 0 Å². The van der Waals surface area contributed by atoms with Crippen molar-refractivity contribution in [1.82, 2.24) is 10.2 Å². The van der Waals surface area contributed by atoms with Crippen molar-refractivity contribution in [3.05, 3.63) is 59.4 Å². The number of carbonyl (C=O) groups excluding carboxylic acids is 1. The van der Waals surface area contributed by atoms with E-state index in [-0.39, 0.29) is 17.5 Å². The molecule has 3 rings (SSSR count). The Morgan fingerprint density at radius 3 is 2.72 bits per heavy atom. The molecule has 1 heterocycles. The highest BCUT2D eigenvalue weighted by atomic mass is 19.1. The van der Waals surface area contributed by atoms with Crippen LogP contribution in [0.3, 0.4) is 0 Å². The van der Waals surface area contributed by atoms with Crippen LogP contribution in [0.5, 0.6) is 11.5 Å². The summed E-state index contributed by atoms with van der Waals surface area (Å²) in [5.41, 5.74) is 0.946. The van der Waals surface area contributed by atoms with Gasteiger partial charge in [0, 0.05) is 31.3 Å². The van der Waals surface area contributed by atoms with Crippen molar-refractivity contribution in [2.24, 2.45) is 0 Å². The van der Waals surface area contributed by atoms with Crippen LogP contribution in [0.25, 0.3) is 0 Å². The second-order valence-electron chi connectivity index (χ2n) is 5.81. The molecule has 6 heteroatoms. The zero-order valence-corrected chi connectivity index (χ0v) is 14.3. The van der Waals surface area contributed by atoms with Crippen LogP contribution in [0.4, 0.5) is 4.39 Å². The third-order valence-electron chi connectivity index (χ3n) is 4.41. The molecule has 5 nitrogen and oxygen atoms in total. The highest BCUT2D eigenvalue weighted by Crippen LogP contribution is 2.31. The predicted molar refractivity (Wildman–Crippen MR) is 92.6 cm³/mol. The van der Waals surface area contributed by atoms with Crippen LogP contribution >= 0.6 is 0 Å². The minimum atomic E-state index is -0.582. The Morgan fingerprint density at radius 2 is 2.00 bits per heavy atom. The molecular weight excluding hydrogens is 323 g/mol. The smallest absolute Gasteiger partial charge is 0.257 e. The van der Waals surface area contributed by atoms with Gasteiger partial charge in [-0.05, 0) is 18.2 Å². The van der Waals surface area contributed by atoms with Gasteiger partial charge in [0.05, 0.1) is 25.8 Å². The molecule has 2 aromatic carbocycles. The summed E-state index contributed by atoms with van der Waals surface area (Å²) in [5, 5.41) is 3.29. The molecule has 1 saturated heterocycles. The van der Waals surface area contributed by atoms with Gasteiger partial charge < -0.3 is 19.7 Å². The van der Waals surface area contributed by atoms with E-state index in [1.807, 2.05) is 24.3 Å². The molecule has 1 fully saturated rings. The Kier molecular flexibility index (Phi) is 5.19. The second-order valence-corrected chi connectivity index (χ2v) is 5.81. The molecule has 1 aliphatic heterocycles. The van der Waals surface area contributed by atoms with Crippen LogP contribution in [-0.4, -0.2) is 44.7 Å².